The highest BCUT2D eigenvalue weighted by molar-refractivity contribution is 6.30. The van der Waals surface area contributed by atoms with E-state index in [0.717, 1.165) is 27.7 Å². The number of aromatic nitrogens is 2. The summed E-state index contributed by atoms with van der Waals surface area (Å²) in [6.07, 6.45) is 6.69. The van der Waals surface area contributed by atoms with Gasteiger partial charge in [-0.1, -0.05) is 60.1 Å². The van der Waals surface area contributed by atoms with Crippen molar-refractivity contribution in [3.05, 3.63) is 101 Å². The van der Waals surface area contributed by atoms with Crippen LogP contribution in [0.4, 0.5) is 0 Å². The van der Waals surface area contributed by atoms with Gasteiger partial charge in [-0.25, -0.2) is 0 Å². The van der Waals surface area contributed by atoms with Gasteiger partial charge in [0.05, 0.1) is 11.0 Å². The summed E-state index contributed by atoms with van der Waals surface area (Å²) in [5, 5.41) is 0.704. The minimum absolute atomic E-state index is 0.0445. The van der Waals surface area contributed by atoms with E-state index < -0.39 is 0 Å². The summed E-state index contributed by atoms with van der Waals surface area (Å²) in [7, 11) is 0. The highest BCUT2D eigenvalue weighted by Gasteiger charge is 2.04. The Balaban J connectivity index is 1.51. The van der Waals surface area contributed by atoms with Gasteiger partial charge in [-0.2, -0.15) is 0 Å². The lowest BCUT2D eigenvalue weighted by Crippen LogP contribution is -1.94. The van der Waals surface area contributed by atoms with Crippen LogP contribution in [-0.2, 0) is 0 Å². The minimum atomic E-state index is -0.0445. The minimum Gasteiger partial charge on any atom is -0.289 e. The normalized spacial score (nSPS) is 11.1. The number of carbonyl (C=O) groups excluding carboxylic acids is 1. The Morgan fingerprint density at radius 3 is 2.11 bits per heavy atom. The van der Waals surface area contributed by atoms with Crippen LogP contribution in [-0.4, -0.2) is 15.8 Å². The first kappa shape index (κ1) is 17.1. The van der Waals surface area contributed by atoms with Crippen LogP contribution in [0.3, 0.4) is 0 Å². The summed E-state index contributed by atoms with van der Waals surface area (Å²) in [4.78, 5) is 21.0. The van der Waals surface area contributed by atoms with Crippen molar-refractivity contribution < 1.29 is 4.79 Å². The van der Waals surface area contributed by atoms with E-state index in [0.29, 0.717) is 10.6 Å². The Bertz CT molecular complexity index is 1130. The second-order valence-electron chi connectivity index (χ2n) is 6.09. The number of allylic oxidation sites excluding steroid dienone is 1. The number of nitrogens with zero attached hydrogens (tertiary/aromatic N) is 2. The molecule has 0 amide bonds. The Kier molecular flexibility index (Phi) is 4.77. The third kappa shape index (κ3) is 3.94. The van der Waals surface area contributed by atoms with Gasteiger partial charge in [-0.05, 0) is 47.0 Å². The summed E-state index contributed by atoms with van der Waals surface area (Å²) in [5.74, 6) is -0.0445. The quantitative estimate of drug-likeness (QED) is 0.334. The molecular formula is C23H15ClN2O. The van der Waals surface area contributed by atoms with Gasteiger partial charge in [0.25, 0.3) is 0 Å². The number of hydrogen-bond donors (Lipinski definition) is 0. The largest absolute Gasteiger partial charge is 0.289 e. The molecule has 0 aliphatic rings. The number of rotatable bonds is 4. The van der Waals surface area contributed by atoms with E-state index in [-0.39, 0.29) is 5.78 Å². The van der Waals surface area contributed by atoms with Crippen molar-refractivity contribution in [3.63, 3.8) is 0 Å². The molecule has 1 heterocycles. The monoisotopic (exact) mass is 370 g/mol. The molecule has 0 N–H and O–H groups in total. The summed E-state index contributed by atoms with van der Waals surface area (Å²) in [6, 6.07) is 20.9. The van der Waals surface area contributed by atoms with Crippen LogP contribution < -0.4 is 0 Å². The summed E-state index contributed by atoms with van der Waals surface area (Å²) in [5.41, 5.74) is 5.29. The van der Waals surface area contributed by atoms with E-state index in [1.54, 1.807) is 24.5 Å². The molecule has 0 unspecified atom stereocenters. The van der Waals surface area contributed by atoms with Gasteiger partial charge >= 0.3 is 0 Å². The van der Waals surface area contributed by atoms with Crippen LogP contribution in [0.5, 0.6) is 0 Å². The van der Waals surface area contributed by atoms with Crippen molar-refractivity contribution in [1.29, 1.82) is 0 Å². The molecule has 0 radical (unpaired) electrons. The number of fused-ring (bicyclic) bond motifs is 1. The molecule has 0 bridgehead atoms. The Labute approximate surface area is 162 Å². The van der Waals surface area contributed by atoms with E-state index in [2.05, 4.69) is 9.97 Å². The van der Waals surface area contributed by atoms with E-state index in [1.807, 2.05) is 66.7 Å². The Morgan fingerprint density at radius 2 is 1.41 bits per heavy atom. The molecule has 4 rings (SSSR count). The molecule has 0 saturated heterocycles. The molecule has 3 aromatic carbocycles. The lowest BCUT2D eigenvalue weighted by Gasteiger charge is -2.03. The summed E-state index contributed by atoms with van der Waals surface area (Å²) in [6.45, 7) is 0. The molecule has 0 saturated carbocycles. The lowest BCUT2D eigenvalue weighted by molar-refractivity contribution is 0.104. The molecule has 0 atom stereocenters. The topological polar surface area (TPSA) is 42.9 Å². The molecule has 0 aliphatic carbocycles. The van der Waals surface area contributed by atoms with Crippen molar-refractivity contribution in [2.75, 3.05) is 0 Å². The predicted octanol–water partition coefficient (Wildman–Crippen LogP) is 5.85. The second-order valence-corrected chi connectivity index (χ2v) is 6.52. The van der Waals surface area contributed by atoms with Crippen LogP contribution in [0, 0.1) is 0 Å². The average Bonchev–Trinajstić information content (AvgIpc) is 2.72. The highest BCUT2D eigenvalue weighted by atomic mass is 35.5. The highest BCUT2D eigenvalue weighted by Crippen LogP contribution is 2.22. The predicted molar refractivity (Wildman–Crippen MR) is 110 cm³/mol. The van der Waals surface area contributed by atoms with Gasteiger partial charge in [0, 0.05) is 23.0 Å². The maximum Gasteiger partial charge on any atom is 0.185 e. The summed E-state index contributed by atoms with van der Waals surface area (Å²) < 4.78 is 0. The van der Waals surface area contributed by atoms with Gasteiger partial charge in [0.2, 0.25) is 0 Å². The fraction of sp³-hybridized carbons (Fsp3) is 0. The number of ketones is 1. The van der Waals surface area contributed by atoms with Crippen molar-refractivity contribution in [1.82, 2.24) is 9.97 Å². The molecule has 130 valence electrons. The van der Waals surface area contributed by atoms with Crippen LogP contribution in [0.15, 0.2) is 85.2 Å². The van der Waals surface area contributed by atoms with E-state index >= 15 is 0 Å². The first-order valence-electron chi connectivity index (χ1n) is 8.48. The maximum atomic E-state index is 12.4. The van der Waals surface area contributed by atoms with Crippen LogP contribution in [0.1, 0.15) is 15.9 Å². The third-order valence-electron chi connectivity index (χ3n) is 4.27. The SMILES string of the molecule is O=C(C=Cc1ccc2nccnc2c1)c1ccc(-c2ccc(Cl)cc2)cc1. The summed E-state index contributed by atoms with van der Waals surface area (Å²) >= 11 is 5.92. The standard InChI is InChI=1S/C23H15ClN2O/c24-20-9-7-18(8-10-20)17-3-5-19(6-4-17)23(27)12-2-16-1-11-21-22(15-16)26-14-13-25-21/h1-15H. The van der Waals surface area contributed by atoms with Gasteiger partial charge < -0.3 is 0 Å². The molecule has 0 aliphatic heterocycles. The van der Waals surface area contributed by atoms with Gasteiger partial charge in [0.1, 0.15) is 0 Å². The molecule has 4 aromatic rings. The van der Waals surface area contributed by atoms with Gasteiger partial charge in [-0.3, -0.25) is 14.8 Å². The molecule has 0 fully saturated rings. The van der Waals surface area contributed by atoms with Crippen molar-refractivity contribution in [2.45, 2.75) is 0 Å². The molecule has 1 aromatic heterocycles. The molecule has 3 nitrogen and oxygen atoms in total. The van der Waals surface area contributed by atoms with Crippen molar-refractivity contribution >= 4 is 34.5 Å². The number of halogens is 1. The zero-order chi connectivity index (χ0) is 18.6. The van der Waals surface area contributed by atoms with Gasteiger partial charge in [0.15, 0.2) is 5.78 Å². The smallest absolute Gasteiger partial charge is 0.185 e. The number of hydrogen-bond acceptors (Lipinski definition) is 3. The molecular weight excluding hydrogens is 356 g/mol. The molecule has 4 heteroatoms. The Hall–Kier alpha value is -3.30. The zero-order valence-electron chi connectivity index (χ0n) is 14.3. The number of benzene rings is 3. The van der Waals surface area contributed by atoms with Crippen molar-refractivity contribution in [3.8, 4) is 11.1 Å². The van der Waals surface area contributed by atoms with E-state index in [9.17, 15) is 4.79 Å². The Morgan fingerprint density at radius 1 is 0.778 bits per heavy atom. The first-order chi connectivity index (χ1) is 13.2. The van der Waals surface area contributed by atoms with Crippen molar-refractivity contribution in [2.24, 2.45) is 0 Å². The zero-order valence-corrected chi connectivity index (χ0v) is 15.1. The van der Waals surface area contributed by atoms with E-state index in [1.165, 1.54) is 0 Å². The second kappa shape index (κ2) is 7.52. The fourth-order valence-corrected chi connectivity index (χ4v) is 2.95. The molecule has 0 spiro atoms. The number of carbonyl (C=O) groups is 1. The lowest BCUT2D eigenvalue weighted by atomic mass is 10.0. The van der Waals surface area contributed by atoms with Crippen LogP contribution in [0.25, 0.3) is 28.2 Å². The maximum absolute atomic E-state index is 12.4. The third-order valence-corrected chi connectivity index (χ3v) is 4.52. The van der Waals surface area contributed by atoms with Gasteiger partial charge in [-0.15, -0.1) is 0 Å². The fourth-order valence-electron chi connectivity index (χ4n) is 2.82. The van der Waals surface area contributed by atoms with E-state index in [4.69, 9.17) is 11.6 Å². The van der Waals surface area contributed by atoms with Crippen LogP contribution >= 0.6 is 11.6 Å². The molecule has 27 heavy (non-hydrogen) atoms. The average molecular weight is 371 g/mol. The van der Waals surface area contributed by atoms with Crippen LogP contribution in [0.2, 0.25) is 5.02 Å². The first-order valence-corrected chi connectivity index (χ1v) is 8.86.